The van der Waals surface area contributed by atoms with Crippen LogP contribution in [-0.2, 0) is 0 Å². The fraction of sp³-hybridized carbons (Fsp3) is 0.162. The third-order valence-electron chi connectivity index (χ3n) is 8.93. The molecule has 8 heterocycles. The third kappa shape index (κ3) is 4.31. The molecule has 0 aromatic carbocycles. The molecule has 1 aromatic rings. The maximum atomic E-state index is 5.35. The summed E-state index contributed by atoms with van der Waals surface area (Å²) in [5, 5.41) is 0. The Morgan fingerprint density at radius 3 is 1.39 bits per heavy atom. The molecule has 7 nitrogen and oxygen atoms in total. The van der Waals surface area contributed by atoms with E-state index in [2.05, 4.69) is 163 Å². The molecule has 1 N–H and O–H groups in total. The van der Waals surface area contributed by atoms with Crippen LogP contribution in [-0.4, -0.2) is 76.1 Å². The highest BCUT2D eigenvalue weighted by atomic mass is 15.1. The van der Waals surface area contributed by atoms with Crippen molar-refractivity contribution in [2.75, 3.05) is 21.1 Å². The third-order valence-corrected chi connectivity index (χ3v) is 8.93. The van der Waals surface area contributed by atoms with Crippen LogP contribution in [0, 0.1) is 0 Å². The number of aliphatic imine (C=N–C) groups is 3. The molecule has 8 rings (SSSR count). The fourth-order valence-electron chi connectivity index (χ4n) is 6.66. The van der Waals surface area contributed by atoms with Gasteiger partial charge in [-0.25, -0.2) is 15.0 Å². The molecule has 0 spiro atoms. The molecule has 3 unspecified atom stereocenters. The first-order chi connectivity index (χ1) is 21.5. The number of fused-ring (bicyclic) bond motifs is 6. The summed E-state index contributed by atoms with van der Waals surface area (Å²) in [5.41, 5.74) is 10.8. The summed E-state index contributed by atoms with van der Waals surface area (Å²) in [6.07, 6.45) is 38.2. The van der Waals surface area contributed by atoms with Gasteiger partial charge in [0.15, 0.2) is 0 Å². The van der Waals surface area contributed by atoms with Crippen LogP contribution in [0.1, 0.15) is 11.4 Å². The molecule has 0 saturated carbocycles. The highest BCUT2D eigenvalue weighted by Gasteiger charge is 2.32. The van der Waals surface area contributed by atoms with Crippen LogP contribution in [0.15, 0.2) is 165 Å². The second-order valence-electron chi connectivity index (χ2n) is 11.7. The second-order valence-corrected chi connectivity index (χ2v) is 11.7. The minimum atomic E-state index is -0.0193. The first-order valence-electron chi connectivity index (χ1n) is 15.0. The van der Waals surface area contributed by atoms with Gasteiger partial charge >= 0.3 is 0 Å². The molecule has 0 fully saturated rings. The Labute approximate surface area is 257 Å². The molecule has 1 aromatic heterocycles. The van der Waals surface area contributed by atoms with Crippen molar-refractivity contribution in [2.45, 2.75) is 18.1 Å². The number of aromatic amines is 1. The predicted molar refractivity (Wildman–Crippen MR) is 180 cm³/mol. The lowest BCUT2D eigenvalue weighted by molar-refractivity contribution is 0.424. The van der Waals surface area contributed by atoms with E-state index in [-0.39, 0.29) is 18.1 Å². The van der Waals surface area contributed by atoms with Crippen molar-refractivity contribution in [1.82, 2.24) is 19.7 Å². The molecule has 3 atom stereocenters. The van der Waals surface area contributed by atoms with Crippen molar-refractivity contribution in [2.24, 2.45) is 15.0 Å². The molecular weight excluding hydrogens is 542 g/mol. The van der Waals surface area contributed by atoms with Crippen molar-refractivity contribution in [3.8, 4) is 0 Å². The number of allylic oxidation sites excluding steroid dienone is 12. The van der Waals surface area contributed by atoms with E-state index >= 15 is 0 Å². The monoisotopic (exact) mass is 575 g/mol. The Bertz CT molecular complexity index is 1920. The highest BCUT2D eigenvalue weighted by molar-refractivity contribution is 6.18. The van der Waals surface area contributed by atoms with E-state index in [9.17, 15) is 0 Å². The number of aromatic nitrogens is 1. The smallest absolute Gasteiger partial charge is 0.0872 e. The van der Waals surface area contributed by atoms with Gasteiger partial charge in [0, 0.05) is 43.6 Å². The van der Waals surface area contributed by atoms with Crippen molar-refractivity contribution in [1.29, 1.82) is 0 Å². The fourth-order valence-corrected chi connectivity index (χ4v) is 6.66. The van der Waals surface area contributed by atoms with Gasteiger partial charge in [0.25, 0.3) is 0 Å². The van der Waals surface area contributed by atoms with Gasteiger partial charge in [-0.3, -0.25) is 0 Å². The standard InChI is InChI=1S/C37H33N7/c1-42-21-7-4-10-32(42)35-26-15-13-24(38-26)25-14-16-27(39-25)36(33-11-5-8-22-43(33)2)29-18-20-31(41-29)37(30-19-17-28(35)40-30)34-12-6-9-23-44(34)3/h4-23,32-34,38H,1-3H3. The number of nitrogens with one attached hydrogen (secondary N) is 1. The SMILES string of the molecule is CN1C=CC=CC1C1=C2C=CC(=N2)C(C2C=CC=CN2C)=C2C=CC(=N2)c2ccc([nH]2)C(C2C=CC=CN2C)=C2C=CC1=N2. The largest absolute Gasteiger partial charge is 0.370 e. The zero-order chi connectivity index (χ0) is 29.8. The Morgan fingerprint density at radius 2 is 0.886 bits per heavy atom. The average molecular weight is 576 g/mol. The van der Waals surface area contributed by atoms with Crippen molar-refractivity contribution in [3.05, 3.63) is 161 Å². The topological polar surface area (TPSA) is 62.6 Å². The van der Waals surface area contributed by atoms with Crippen LogP contribution >= 0.6 is 0 Å². The summed E-state index contributed by atoms with van der Waals surface area (Å²) >= 11 is 0. The van der Waals surface area contributed by atoms with Gasteiger partial charge in [-0.15, -0.1) is 0 Å². The van der Waals surface area contributed by atoms with E-state index in [1.165, 1.54) is 0 Å². The van der Waals surface area contributed by atoms with Crippen LogP contribution in [0.4, 0.5) is 0 Å². The van der Waals surface area contributed by atoms with E-state index in [1.54, 1.807) is 0 Å². The lowest BCUT2D eigenvalue weighted by Gasteiger charge is -2.30. The Balaban J connectivity index is 1.40. The lowest BCUT2D eigenvalue weighted by Crippen LogP contribution is -2.32. The van der Waals surface area contributed by atoms with E-state index in [1.807, 2.05) is 0 Å². The van der Waals surface area contributed by atoms with Crippen molar-refractivity contribution < 1.29 is 0 Å². The summed E-state index contributed by atoms with van der Waals surface area (Å²) < 4.78 is 0. The summed E-state index contributed by atoms with van der Waals surface area (Å²) in [7, 11) is 6.31. The molecule has 0 saturated heterocycles. The maximum absolute atomic E-state index is 5.35. The summed E-state index contributed by atoms with van der Waals surface area (Å²) in [6, 6.07) is 4.27. The summed E-state index contributed by atoms with van der Waals surface area (Å²) in [6.45, 7) is 0. The molecular formula is C37H33N7. The number of H-pyrrole nitrogens is 1. The van der Waals surface area contributed by atoms with Gasteiger partial charge in [-0.1, -0.05) is 36.5 Å². The first-order valence-corrected chi connectivity index (χ1v) is 15.0. The van der Waals surface area contributed by atoms with Crippen LogP contribution < -0.4 is 0 Å². The average Bonchev–Trinajstić information content (AvgIpc) is 3.85. The molecule has 0 aliphatic carbocycles. The normalized spacial score (nSPS) is 26.4. The first kappa shape index (κ1) is 26.2. The molecule has 7 heteroatoms. The quantitative estimate of drug-likeness (QED) is 0.497. The van der Waals surface area contributed by atoms with Crippen LogP contribution in [0.2, 0.25) is 0 Å². The van der Waals surface area contributed by atoms with Gasteiger partial charge in [0.05, 0.1) is 58.0 Å². The Morgan fingerprint density at radius 1 is 0.477 bits per heavy atom. The number of hydrogen-bond donors (Lipinski definition) is 1. The van der Waals surface area contributed by atoms with Gasteiger partial charge in [0.2, 0.25) is 0 Å². The Kier molecular flexibility index (Phi) is 6.19. The van der Waals surface area contributed by atoms with Gasteiger partial charge in [-0.05, 0) is 85.4 Å². The maximum Gasteiger partial charge on any atom is 0.0872 e. The minimum Gasteiger partial charge on any atom is -0.370 e. The zero-order valence-corrected chi connectivity index (χ0v) is 25.0. The molecule has 0 amide bonds. The second kappa shape index (κ2) is 10.4. The highest BCUT2D eigenvalue weighted by Crippen LogP contribution is 2.36. The summed E-state index contributed by atoms with van der Waals surface area (Å²) in [5.74, 6) is 0. The van der Waals surface area contributed by atoms with E-state index < -0.39 is 0 Å². The van der Waals surface area contributed by atoms with Crippen LogP contribution in [0.25, 0.3) is 5.57 Å². The molecule has 0 radical (unpaired) electrons. The van der Waals surface area contributed by atoms with Crippen molar-refractivity contribution in [3.63, 3.8) is 0 Å². The zero-order valence-electron chi connectivity index (χ0n) is 25.0. The van der Waals surface area contributed by atoms with Crippen LogP contribution in [0.5, 0.6) is 0 Å². The van der Waals surface area contributed by atoms with Gasteiger partial charge < -0.3 is 19.7 Å². The van der Waals surface area contributed by atoms with Crippen LogP contribution in [0.3, 0.4) is 0 Å². The van der Waals surface area contributed by atoms with E-state index in [4.69, 9.17) is 15.0 Å². The molecule has 8 bridgehead atoms. The van der Waals surface area contributed by atoms with Crippen molar-refractivity contribution >= 4 is 22.7 Å². The van der Waals surface area contributed by atoms with Gasteiger partial charge in [-0.2, -0.15) is 0 Å². The van der Waals surface area contributed by atoms with Gasteiger partial charge in [0.1, 0.15) is 0 Å². The molecule has 216 valence electrons. The predicted octanol–water partition coefficient (Wildman–Crippen LogP) is 5.78. The number of nitrogens with zero attached hydrogens (tertiary/aromatic N) is 6. The number of rotatable bonds is 3. The minimum absolute atomic E-state index is 0.00529. The Hall–Kier alpha value is -5.43. The molecule has 7 aliphatic heterocycles. The molecule has 7 aliphatic rings. The van der Waals surface area contributed by atoms with E-state index in [0.717, 1.165) is 62.3 Å². The number of likely N-dealkylation sites (N-methyl/N-ethyl adjacent to an activating group) is 3. The summed E-state index contributed by atoms with van der Waals surface area (Å²) in [4.78, 5) is 26.2. The lowest BCUT2D eigenvalue weighted by atomic mass is 9.96. The van der Waals surface area contributed by atoms with E-state index in [0.29, 0.717) is 0 Å². The number of hydrogen-bond acceptors (Lipinski definition) is 6. The molecule has 44 heavy (non-hydrogen) atoms.